The molecule has 0 unspecified atom stereocenters. The lowest BCUT2D eigenvalue weighted by molar-refractivity contribution is 0.577. The van der Waals surface area contributed by atoms with E-state index < -0.39 is 5.95 Å². The summed E-state index contributed by atoms with van der Waals surface area (Å²) >= 11 is 0. The van der Waals surface area contributed by atoms with Crippen LogP contribution in [0, 0.1) is 12.9 Å². The predicted molar refractivity (Wildman–Crippen MR) is 40.6 cm³/mol. The molecule has 1 aromatic rings. The van der Waals surface area contributed by atoms with Gasteiger partial charge >= 0.3 is 0 Å². The summed E-state index contributed by atoms with van der Waals surface area (Å²) in [6.45, 7) is 1.72. The van der Waals surface area contributed by atoms with Gasteiger partial charge in [0.25, 0.3) is 0 Å². The molecule has 4 heteroatoms. The Labute approximate surface area is 67.1 Å². The second-order valence-corrected chi connectivity index (χ2v) is 2.85. The van der Waals surface area contributed by atoms with E-state index in [9.17, 15) is 4.39 Å². The highest BCUT2D eigenvalue weighted by Crippen LogP contribution is 2.23. The Hall–Kier alpha value is -0.280. The second kappa shape index (κ2) is 3.21. The highest BCUT2D eigenvalue weighted by molar-refractivity contribution is 8.21. The van der Waals surface area contributed by atoms with Gasteiger partial charge in [-0.05, 0) is 40.7 Å². The van der Waals surface area contributed by atoms with E-state index in [-0.39, 0.29) is 0 Å². The highest BCUT2D eigenvalue weighted by atomic mass is 35.7. The molecule has 0 atom stereocenters. The minimum Gasteiger partial charge on any atom is -0.224 e. The Morgan fingerprint density at radius 1 is 1.60 bits per heavy atom. The first kappa shape index (κ1) is 7.82. The summed E-state index contributed by atoms with van der Waals surface area (Å²) in [4.78, 5) is 4.37. The van der Waals surface area contributed by atoms with E-state index in [1.165, 1.54) is 6.07 Å². The van der Waals surface area contributed by atoms with Gasteiger partial charge in [-0.3, -0.25) is 0 Å². The molecule has 0 aliphatic carbocycles. The lowest BCUT2D eigenvalue weighted by Gasteiger charge is -1.96. The Kier molecular flexibility index (Phi) is 2.51. The van der Waals surface area contributed by atoms with E-state index in [0.717, 1.165) is 15.9 Å². The minimum atomic E-state index is -0.466. The number of hydrogen-bond donors (Lipinski definition) is 0. The number of rotatable bonds is 1. The molecule has 10 heavy (non-hydrogen) atoms. The fourth-order valence-electron chi connectivity index (χ4n) is 0.599. The van der Waals surface area contributed by atoms with E-state index in [0.29, 0.717) is 5.69 Å². The van der Waals surface area contributed by atoms with Gasteiger partial charge in [0, 0.05) is 4.90 Å². The molecule has 0 bridgehead atoms. The topological polar surface area (TPSA) is 12.9 Å². The van der Waals surface area contributed by atoms with Crippen LogP contribution < -0.4 is 0 Å². The van der Waals surface area contributed by atoms with Gasteiger partial charge in [0.05, 0.1) is 5.69 Å². The predicted octanol–water partition coefficient (Wildman–Crippen LogP) is 2.78. The van der Waals surface area contributed by atoms with Crippen LogP contribution in [0.1, 0.15) is 5.69 Å². The van der Waals surface area contributed by atoms with Crippen molar-refractivity contribution in [3.05, 3.63) is 23.8 Å². The lowest BCUT2D eigenvalue weighted by Crippen LogP contribution is -1.87. The summed E-state index contributed by atoms with van der Waals surface area (Å²) in [6.07, 6.45) is 0. The summed E-state index contributed by atoms with van der Waals surface area (Å²) in [6, 6.07) is 2.90. The van der Waals surface area contributed by atoms with Crippen LogP contribution in [0.15, 0.2) is 17.0 Å². The van der Waals surface area contributed by atoms with E-state index in [1.807, 2.05) is 0 Å². The van der Waals surface area contributed by atoms with Gasteiger partial charge in [0.15, 0.2) is 0 Å². The molecular formula is C6H5ClFNS. The number of aromatic nitrogens is 1. The smallest absolute Gasteiger partial charge is 0.213 e. The number of pyridine rings is 1. The minimum absolute atomic E-state index is 0.466. The van der Waals surface area contributed by atoms with Crippen LogP contribution in [0.5, 0.6) is 0 Å². The van der Waals surface area contributed by atoms with Gasteiger partial charge in [-0.15, -0.1) is 0 Å². The van der Waals surface area contributed by atoms with E-state index in [1.54, 1.807) is 13.0 Å². The van der Waals surface area contributed by atoms with Crippen molar-refractivity contribution in [1.82, 2.24) is 4.98 Å². The van der Waals surface area contributed by atoms with Crippen molar-refractivity contribution in [3.8, 4) is 0 Å². The Morgan fingerprint density at radius 2 is 2.30 bits per heavy atom. The molecule has 0 aliphatic rings. The van der Waals surface area contributed by atoms with Crippen LogP contribution in [-0.4, -0.2) is 4.98 Å². The number of hydrogen-bond acceptors (Lipinski definition) is 2. The molecule has 0 fully saturated rings. The third-order valence-corrected chi connectivity index (χ3v) is 2.18. The summed E-state index contributed by atoms with van der Waals surface area (Å²) in [5, 5.41) is 0. The first-order valence-corrected chi connectivity index (χ1v) is 4.30. The zero-order valence-electron chi connectivity index (χ0n) is 5.27. The molecule has 0 aromatic carbocycles. The first-order chi connectivity index (χ1) is 4.74. The van der Waals surface area contributed by atoms with Crippen LogP contribution >= 0.6 is 21.7 Å². The average molecular weight is 178 g/mol. The number of nitrogens with zero attached hydrogens (tertiary/aromatic N) is 1. The zero-order chi connectivity index (χ0) is 7.56. The fourth-order valence-corrected chi connectivity index (χ4v) is 1.37. The van der Waals surface area contributed by atoms with Crippen molar-refractivity contribution in [1.29, 1.82) is 0 Å². The normalized spacial score (nSPS) is 9.90. The first-order valence-electron chi connectivity index (χ1n) is 2.66. The molecular weight excluding hydrogens is 173 g/mol. The molecule has 0 amide bonds. The van der Waals surface area contributed by atoms with Crippen LogP contribution in [-0.2, 0) is 0 Å². The summed E-state index contributed by atoms with van der Waals surface area (Å²) < 4.78 is 12.3. The van der Waals surface area contributed by atoms with E-state index >= 15 is 0 Å². The molecule has 1 aromatic heterocycles. The number of aryl methyl sites for hydroxylation is 1. The van der Waals surface area contributed by atoms with E-state index in [4.69, 9.17) is 10.7 Å². The highest BCUT2D eigenvalue weighted by Gasteiger charge is 1.99. The van der Waals surface area contributed by atoms with Crippen molar-refractivity contribution < 1.29 is 4.39 Å². The number of halogens is 2. The molecule has 1 nitrogen and oxygen atoms in total. The lowest BCUT2D eigenvalue weighted by atomic mass is 10.4. The molecule has 54 valence electrons. The maximum absolute atomic E-state index is 12.3. The van der Waals surface area contributed by atoms with Gasteiger partial charge in [-0.1, -0.05) is 0 Å². The van der Waals surface area contributed by atoms with Crippen molar-refractivity contribution in [3.63, 3.8) is 0 Å². The maximum Gasteiger partial charge on any atom is 0.213 e. The Morgan fingerprint density at radius 3 is 2.80 bits per heavy atom. The fraction of sp³-hybridized carbons (Fsp3) is 0.167. The van der Waals surface area contributed by atoms with Crippen molar-refractivity contribution >= 4 is 21.7 Å². The van der Waals surface area contributed by atoms with Crippen LogP contribution in [0.4, 0.5) is 4.39 Å². The van der Waals surface area contributed by atoms with E-state index in [2.05, 4.69) is 4.98 Å². The van der Waals surface area contributed by atoms with Crippen molar-refractivity contribution in [2.75, 3.05) is 0 Å². The largest absolute Gasteiger partial charge is 0.224 e. The molecule has 0 saturated heterocycles. The summed E-state index contributed by atoms with van der Waals surface area (Å²) in [5.41, 5.74) is 0.625. The average Bonchev–Trinajstić information content (AvgIpc) is 1.88. The van der Waals surface area contributed by atoms with Gasteiger partial charge in [0.2, 0.25) is 5.95 Å². The van der Waals surface area contributed by atoms with Crippen molar-refractivity contribution in [2.45, 2.75) is 11.8 Å². The van der Waals surface area contributed by atoms with Crippen molar-refractivity contribution in [2.24, 2.45) is 0 Å². The van der Waals surface area contributed by atoms with Crippen LogP contribution in [0.25, 0.3) is 0 Å². The standard InChI is InChI=1S/C6H5ClFNS/c1-4-5(10-7)2-3-6(8)9-4/h2-3H,1H3. The molecule has 1 heterocycles. The Bertz CT molecular complexity index is 241. The maximum atomic E-state index is 12.3. The van der Waals surface area contributed by atoms with Crippen LogP contribution in [0.3, 0.4) is 0 Å². The SMILES string of the molecule is Cc1nc(F)ccc1SCl. The molecule has 1 rings (SSSR count). The summed E-state index contributed by atoms with van der Waals surface area (Å²) in [5.74, 6) is -0.466. The third-order valence-electron chi connectivity index (χ3n) is 1.09. The van der Waals surface area contributed by atoms with Gasteiger partial charge in [-0.2, -0.15) is 4.39 Å². The monoisotopic (exact) mass is 177 g/mol. The molecule has 0 aliphatic heterocycles. The molecule has 0 spiro atoms. The van der Waals surface area contributed by atoms with Gasteiger partial charge < -0.3 is 0 Å². The summed E-state index contributed by atoms with van der Waals surface area (Å²) in [7, 11) is 6.49. The third kappa shape index (κ3) is 1.61. The quantitative estimate of drug-likeness (QED) is 0.612. The Balaban J connectivity index is 3.07. The van der Waals surface area contributed by atoms with Crippen LogP contribution in [0.2, 0.25) is 0 Å². The zero-order valence-corrected chi connectivity index (χ0v) is 6.84. The molecule has 0 radical (unpaired) electrons. The van der Waals surface area contributed by atoms with Gasteiger partial charge in [0.1, 0.15) is 0 Å². The second-order valence-electron chi connectivity index (χ2n) is 1.79. The molecule has 0 saturated carbocycles. The van der Waals surface area contributed by atoms with Gasteiger partial charge in [-0.25, -0.2) is 4.98 Å². The molecule has 0 N–H and O–H groups in total.